The number of carbonyl (C=O) groups excluding carboxylic acids is 1. The van der Waals surface area contributed by atoms with Crippen LogP contribution in [0.15, 0.2) is 36.4 Å². The lowest BCUT2D eigenvalue weighted by molar-refractivity contribution is -0.121. The second-order valence-electron chi connectivity index (χ2n) is 8.04. The Hall–Kier alpha value is -2.54. The SMILES string of the molecule is CCC(NC(=O)CCCN(c1cc(C)cc(C)c1)S(C)(=O)=O)c1ccc(OC)c(C)c1. The largest absolute Gasteiger partial charge is 0.496 e. The third kappa shape index (κ3) is 6.99. The molecule has 0 saturated heterocycles. The van der Waals surface area contributed by atoms with E-state index >= 15 is 0 Å². The fraction of sp³-hybridized carbons (Fsp3) is 0.458. The van der Waals surface area contributed by atoms with Crippen molar-refractivity contribution in [1.82, 2.24) is 5.32 Å². The molecule has 0 saturated carbocycles. The minimum absolute atomic E-state index is 0.0887. The number of ether oxygens (including phenoxy) is 1. The Morgan fingerprint density at radius 2 is 1.74 bits per heavy atom. The molecule has 2 rings (SSSR count). The van der Waals surface area contributed by atoms with Gasteiger partial charge >= 0.3 is 0 Å². The summed E-state index contributed by atoms with van der Waals surface area (Å²) in [6, 6.07) is 11.5. The molecule has 0 aliphatic rings. The van der Waals surface area contributed by atoms with Crippen molar-refractivity contribution in [2.75, 3.05) is 24.2 Å². The summed E-state index contributed by atoms with van der Waals surface area (Å²) in [6.45, 7) is 8.14. The number of sulfonamides is 1. The molecule has 0 radical (unpaired) electrons. The van der Waals surface area contributed by atoms with Gasteiger partial charge in [0.2, 0.25) is 15.9 Å². The maximum Gasteiger partial charge on any atom is 0.232 e. The molecule has 1 atom stereocenters. The Balaban J connectivity index is 2.02. The van der Waals surface area contributed by atoms with E-state index in [4.69, 9.17) is 4.74 Å². The van der Waals surface area contributed by atoms with Crippen molar-refractivity contribution in [3.8, 4) is 5.75 Å². The molecule has 1 unspecified atom stereocenters. The highest BCUT2D eigenvalue weighted by atomic mass is 32.2. The monoisotopic (exact) mass is 446 g/mol. The van der Waals surface area contributed by atoms with Crippen LogP contribution in [0.1, 0.15) is 54.5 Å². The van der Waals surface area contributed by atoms with Crippen LogP contribution < -0.4 is 14.4 Å². The van der Waals surface area contributed by atoms with Crippen LogP contribution in [0, 0.1) is 20.8 Å². The topological polar surface area (TPSA) is 75.7 Å². The Morgan fingerprint density at radius 3 is 2.26 bits per heavy atom. The Kier molecular flexibility index (Phi) is 8.51. The van der Waals surface area contributed by atoms with Crippen LogP contribution in [0.5, 0.6) is 5.75 Å². The van der Waals surface area contributed by atoms with Gasteiger partial charge in [0.1, 0.15) is 5.75 Å². The van der Waals surface area contributed by atoms with E-state index in [9.17, 15) is 13.2 Å². The molecule has 2 aromatic carbocycles. The molecule has 2 aromatic rings. The van der Waals surface area contributed by atoms with Gasteiger partial charge in [-0.15, -0.1) is 0 Å². The van der Waals surface area contributed by atoms with Crippen molar-refractivity contribution < 1.29 is 17.9 Å². The highest BCUT2D eigenvalue weighted by molar-refractivity contribution is 7.92. The van der Waals surface area contributed by atoms with E-state index in [-0.39, 0.29) is 24.9 Å². The van der Waals surface area contributed by atoms with Gasteiger partial charge in [-0.25, -0.2) is 8.42 Å². The summed E-state index contributed by atoms with van der Waals surface area (Å²) in [5.74, 6) is 0.728. The molecule has 1 N–H and O–H groups in total. The van der Waals surface area contributed by atoms with Gasteiger partial charge in [-0.3, -0.25) is 9.10 Å². The average Bonchev–Trinajstić information content (AvgIpc) is 2.67. The maximum absolute atomic E-state index is 12.6. The predicted molar refractivity (Wildman–Crippen MR) is 126 cm³/mol. The summed E-state index contributed by atoms with van der Waals surface area (Å²) in [5, 5.41) is 3.07. The quantitative estimate of drug-likeness (QED) is 0.586. The van der Waals surface area contributed by atoms with Crippen LogP contribution in [-0.4, -0.2) is 34.2 Å². The molecule has 0 aliphatic carbocycles. The highest BCUT2D eigenvalue weighted by Crippen LogP contribution is 2.25. The summed E-state index contributed by atoms with van der Waals surface area (Å²) in [7, 11) is -1.80. The van der Waals surface area contributed by atoms with Crippen LogP contribution in [0.2, 0.25) is 0 Å². The summed E-state index contributed by atoms with van der Waals surface area (Å²) >= 11 is 0. The second kappa shape index (κ2) is 10.7. The van der Waals surface area contributed by atoms with Crippen LogP contribution in [0.4, 0.5) is 5.69 Å². The number of nitrogens with one attached hydrogen (secondary N) is 1. The zero-order chi connectivity index (χ0) is 23.2. The number of nitrogens with zero attached hydrogens (tertiary/aromatic N) is 1. The molecule has 0 bridgehead atoms. The molecule has 170 valence electrons. The summed E-state index contributed by atoms with van der Waals surface area (Å²) in [6.07, 6.45) is 2.64. The van der Waals surface area contributed by atoms with Crippen LogP contribution in [0.25, 0.3) is 0 Å². The molecule has 31 heavy (non-hydrogen) atoms. The lowest BCUT2D eigenvalue weighted by atomic mass is 10.0. The lowest BCUT2D eigenvalue weighted by Crippen LogP contribution is -2.33. The first-order valence-electron chi connectivity index (χ1n) is 10.5. The van der Waals surface area contributed by atoms with Crippen molar-refractivity contribution in [2.45, 2.75) is 53.0 Å². The molecule has 1 amide bonds. The molecule has 0 aromatic heterocycles. The van der Waals surface area contributed by atoms with Gasteiger partial charge < -0.3 is 10.1 Å². The van der Waals surface area contributed by atoms with E-state index in [1.165, 1.54) is 10.6 Å². The van der Waals surface area contributed by atoms with Crippen molar-refractivity contribution in [1.29, 1.82) is 0 Å². The van der Waals surface area contributed by atoms with Crippen molar-refractivity contribution in [2.24, 2.45) is 0 Å². The molecule has 0 fully saturated rings. The van der Waals surface area contributed by atoms with E-state index in [1.807, 2.05) is 64.1 Å². The van der Waals surface area contributed by atoms with Gasteiger partial charge in [0.15, 0.2) is 0 Å². The molecule has 6 nitrogen and oxygen atoms in total. The fourth-order valence-corrected chi connectivity index (χ4v) is 4.72. The number of anilines is 1. The predicted octanol–water partition coefficient (Wildman–Crippen LogP) is 4.43. The Bertz CT molecular complexity index is 998. The fourth-order valence-electron chi connectivity index (χ4n) is 3.77. The van der Waals surface area contributed by atoms with Gasteiger partial charge in [-0.2, -0.15) is 0 Å². The van der Waals surface area contributed by atoms with Crippen molar-refractivity contribution in [3.63, 3.8) is 0 Å². The number of hydrogen-bond acceptors (Lipinski definition) is 4. The standard InChI is InChI=1S/C24H34N2O4S/c1-7-22(20-10-11-23(30-5)19(4)16-20)25-24(27)9-8-12-26(31(6,28)29)21-14-17(2)13-18(3)15-21/h10-11,13-16,22H,7-9,12H2,1-6H3,(H,25,27). The Labute approximate surface area is 186 Å². The van der Waals surface area contributed by atoms with E-state index in [0.717, 1.165) is 34.4 Å². The lowest BCUT2D eigenvalue weighted by Gasteiger charge is -2.24. The first-order valence-corrected chi connectivity index (χ1v) is 12.4. The minimum Gasteiger partial charge on any atom is -0.496 e. The van der Waals surface area contributed by atoms with Crippen LogP contribution in [-0.2, 0) is 14.8 Å². The zero-order valence-corrected chi connectivity index (χ0v) is 20.2. The van der Waals surface area contributed by atoms with Crippen LogP contribution >= 0.6 is 0 Å². The van der Waals surface area contributed by atoms with Crippen molar-refractivity contribution in [3.05, 3.63) is 58.7 Å². The maximum atomic E-state index is 12.6. The number of benzene rings is 2. The number of carbonyl (C=O) groups is 1. The first-order chi connectivity index (χ1) is 14.5. The van der Waals surface area contributed by atoms with E-state index in [0.29, 0.717) is 12.1 Å². The summed E-state index contributed by atoms with van der Waals surface area (Å²) < 4.78 is 31.4. The average molecular weight is 447 g/mol. The first kappa shape index (κ1) is 24.7. The molecule has 0 heterocycles. The summed E-state index contributed by atoms with van der Waals surface area (Å²) in [4.78, 5) is 12.6. The number of methoxy groups -OCH3 is 1. The molecular weight excluding hydrogens is 412 g/mol. The molecular formula is C24H34N2O4S. The Morgan fingerprint density at radius 1 is 1.10 bits per heavy atom. The van der Waals surface area contributed by atoms with Crippen molar-refractivity contribution >= 4 is 21.6 Å². The third-order valence-electron chi connectivity index (χ3n) is 5.22. The van der Waals surface area contributed by atoms with Gasteiger partial charge in [-0.1, -0.05) is 25.1 Å². The number of rotatable bonds is 10. The normalized spacial score (nSPS) is 12.3. The number of amides is 1. The minimum atomic E-state index is -3.44. The van der Waals surface area contributed by atoms with Gasteiger partial charge in [0, 0.05) is 13.0 Å². The molecule has 0 spiro atoms. The van der Waals surface area contributed by atoms with Gasteiger partial charge in [-0.05, 0) is 74.1 Å². The van der Waals surface area contributed by atoms with Gasteiger partial charge in [0.05, 0.1) is 25.1 Å². The van der Waals surface area contributed by atoms with E-state index < -0.39 is 10.0 Å². The van der Waals surface area contributed by atoms with Crippen LogP contribution in [0.3, 0.4) is 0 Å². The summed E-state index contributed by atoms with van der Waals surface area (Å²) in [5.41, 5.74) is 4.69. The zero-order valence-electron chi connectivity index (χ0n) is 19.4. The molecule has 7 heteroatoms. The third-order valence-corrected chi connectivity index (χ3v) is 6.42. The number of aryl methyl sites for hydroxylation is 3. The number of hydrogen-bond donors (Lipinski definition) is 1. The van der Waals surface area contributed by atoms with E-state index in [1.54, 1.807) is 7.11 Å². The van der Waals surface area contributed by atoms with E-state index in [2.05, 4.69) is 5.32 Å². The molecule has 0 aliphatic heterocycles. The second-order valence-corrected chi connectivity index (χ2v) is 9.95. The smallest absolute Gasteiger partial charge is 0.232 e. The highest BCUT2D eigenvalue weighted by Gasteiger charge is 2.19. The van der Waals surface area contributed by atoms with Gasteiger partial charge in [0.25, 0.3) is 0 Å².